The van der Waals surface area contributed by atoms with Gasteiger partial charge in [0.15, 0.2) is 6.10 Å². The molecule has 2 heterocycles. The number of para-hydroxylation sites is 1. The molecule has 1 unspecified atom stereocenters. The van der Waals surface area contributed by atoms with Crippen molar-refractivity contribution in [2.45, 2.75) is 44.8 Å². The second-order valence-corrected chi connectivity index (χ2v) is 8.54. The van der Waals surface area contributed by atoms with E-state index in [1.165, 1.54) is 6.08 Å². The van der Waals surface area contributed by atoms with Crippen molar-refractivity contribution >= 4 is 29.3 Å². The summed E-state index contributed by atoms with van der Waals surface area (Å²) in [4.78, 5) is 25.6. The minimum absolute atomic E-state index is 0.196. The van der Waals surface area contributed by atoms with E-state index in [9.17, 15) is 9.59 Å². The smallest absolute Gasteiger partial charge is 0.331 e. The molecule has 1 aromatic carbocycles. The SMILES string of the molecule is CC(OC(=O)/C=C/c1cn(-c2ccccc2)nc1-c1cccs1)C(=O)NC1CCCC1. The maximum Gasteiger partial charge on any atom is 0.331 e. The zero-order valence-corrected chi connectivity index (χ0v) is 18.2. The predicted molar refractivity (Wildman–Crippen MR) is 122 cm³/mol. The van der Waals surface area contributed by atoms with Crippen molar-refractivity contribution in [1.82, 2.24) is 15.1 Å². The molecular weight excluding hydrogens is 410 g/mol. The molecule has 0 radical (unpaired) electrons. The van der Waals surface area contributed by atoms with Crippen LogP contribution in [0.3, 0.4) is 0 Å². The highest BCUT2D eigenvalue weighted by atomic mass is 32.1. The second-order valence-electron chi connectivity index (χ2n) is 7.59. The molecule has 2 aromatic heterocycles. The van der Waals surface area contributed by atoms with Gasteiger partial charge in [-0.15, -0.1) is 11.3 Å². The summed E-state index contributed by atoms with van der Waals surface area (Å²) in [5, 5.41) is 9.65. The number of nitrogens with one attached hydrogen (secondary N) is 1. The van der Waals surface area contributed by atoms with Gasteiger partial charge in [0.25, 0.3) is 5.91 Å². The molecule has 1 atom stereocenters. The Morgan fingerprint density at radius 2 is 1.97 bits per heavy atom. The van der Waals surface area contributed by atoms with Crippen LogP contribution < -0.4 is 5.32 Å². The number of amides is 1. The third-order valence-electron chi connectivity index (χ3n) is 5.28. The molecule has 1 aliphatic carbocycles. The molecule has 4 rings (SSSR count). The number of nitrogens with zero attached hydrogens (tertiary/aromatic N) is 2. The van der Waals surface area contributed by atoms with E-state index in [1.807, 2.05) is 54.0 Å². The van der Waals surface area contributed by atoms with Gasteiger partial charge in [-0.25, -0.2) is 9.48 Å². The molecule has 1 aliphatic rings. The third kappa shape index (κ3) is 5.30. The first-order chi connectivity index (χ1) is 15.1. The minimum atomic E-state index is -0.832. The Morgan fingerprint density at radius 3 is 2.68 bits per heavy atom. The Bertz CT molecular complexity index is 1050. The third-order valence-corrected chi connectivity index (χ3v) is 6.16. The highest BCUT2D eigenvalue weighted by Gasteiger charge is 2.22. The van der Waals surface area contributed by atoms with Crippen LogP contribution in [-0.2, 0) is 14.3 Å². The average molecular weight is 436 g/mol. The number of ether oxygens (including phenoxy) is 1. The summed E-state index contributed by atoms with van der Waals surface area (Å²) >= 11 is 1.58. The molecule has 7 heteroatoms. The Morgan fingerprint density at radius 1 is 1.19 bits per heavy atom. The molecule has 6 nitrogen and oxygen atoms in total. The number of hydrogen-bond donors (Lipinski definition) is 1. The lowest BCUT2D eigenvalue weighted by atomic mass is 10.2. The molecule has 1 amide bonds. The van der Waals surface area contributed by atoms with Gasteiger partial charge >= 0.3 is 5.97 Å². The van der Waals surface area contributed by atoms with E-state index in [0.29, 0.717) is 0 Å². The van der Waals surface area contributed by atoms with Gasteiger partial charge in [-0.1, -0.05) is 37.1 Å². The Balaban J connectivity index is 1.46. The number of carbonyl (C=O) groups excluding carboxylic acids is 2. The molecule has 0 saturated heterocycles. The van der Waals surface area contributed by atoms with Crippen LogP contribution in [0.5, 0.6) is 0 Å². The first-order valence-corrected chi connectivity index (χ1v) is 11.4. The van der Waals surface area contributed by atoms with E-state index in [0.717, 1.165) is 47.5 Å². The lowest BCUT2D eigenvalue weighted by Crippen LogP contribution is -2.40. The van der Waals surface area contributed by atoms with Crippen molar-refractivity contribution in [1.29, 1.82) is 0 Å². The zero-order valence-electron chi connectivity index (χ0n) is 17.4. The fourth-order valence-electron chi connectivity index (χ4n) is 3.64. The fourth-order valence-corrected chi connectivity index (χ4v) is 4.37. The molecule has 1 N–H and O–H groups in total. The molecule has 1 fully saturated rings. The summed E-state index contributed by atoms with van der Waals surface area (Å²) in [5.74, 6) is -0.802. The van der Waals surface area contributed by atoms with Gasteiger partial charge in [0.05, 0.1) is 10.6 Å². The van der Waals surface area contributed by atoms with E-state index in [1.54, 1.807) is 29.0 Å². The number of aromatic nitrogens is 2. The maximum absolute atomic E-state index is 12.3. The Kier molecular flexibility index (Phi) is 6.62. The topological polar surface area (TPSA) is 73.2 Å². The van der Waals surface area contributed by atoms with E-state index in [4.69, 9.17) is 9.84 Å². The van der Waals surface area contributed by atoms with Gasteiger partial charge in [0, 0.05) is 23.9 Å². The Hall–Kier alpha value is -3.19. The predicted octanol–water partition coefficient (Wildman–Crippen LogP) is 4.60. The van der Waals surface area contributed by atoms with Crippen LogP contribution in [0.15, 0.2) is 60.1 Å². The van der Waals surface area contributed by atoms with Crippen molar-refractivity contribution in [3.8, 4) is 16.3 Å². The van der Waals surface area contributed by atoms with Gasteiger partial charge in [-0.05, 0) is 49.4 Å². The minimum Gasteiger partial charge on any atom is -0.449 e. The average Bonchev–Trinajstić information content (AvgIpc) is 3.54. The lowest BCUT2D eigenvalue weighted by molar-refractivity contribution is -0.150. The fraction of sp³-hybridized carbons (Fsp3) is 0.292. The summed E-state index contributed by atoms with van der Waals surface area (Å²) in [6.07, 6.45) is 8.32. The molecule has 0 aliphatic heterocycles. The van der Waals surface area contributed by atoms with Crippen LogP contribution in [0.4, 0.5) is 0 Å². The molecule has 160 valence electrons. The highest BCUT2D eigenvalue weighted by Crippen LogP contribution is 2.28. The van der Waals surface area contributed by atoms with E-state index >= 15 is 0 Å². The molecule has 31 heavy (non-hydrogen) atoms. The Labute approximate surface area is 185 Å². The number of esters is 1. The van der Waals surface area contributed by atoms with Crippen molar-refractivity contribution < 1.29 is 14.3 Å². The van der Waals surface area contributed by atoms with Crippen LogP contribution in [0, 0.1) is 0 Å². The molecular formula is C24H25N3O3S. The van der Waals surface area contributed by atoms with E-state index in [-0.39, 0.29) is 11.9 Å². The van der Waals surface area contributed by atoms with Crippen LogP contribution in [0.25, 0.3) is 22.3 Å². The van der Waals surface area contributed by atoms with Crippen LogP contribution >= 0.6 is 11.3 Å². The van der Waals surface area contributed by atoms with Gasteiger partial charge in [0.2, 0.25) is 0 Å². The van der Waals surface area contributed by atoms with E-state index < -0.39 is 12.1 Å². The molecule has 0 bridgehead atoms. The summed E-state index contributed by atoms with van der Waals surface area (Å²) in [6.45, 7) is 1.60. The van der Waals surface area contributed by atoms with Crippen LogP contribution in [0.1, 0.15) is 38.2 Å². The first kappa shape index (κ1) is 21.1. The van der Waals surface area contributed by atoms with Gasteiger partial charge < -0.3 is 10.1 Å². The lowest BCUT2D eigenvalue weighted by Gasteiger charge is -2.16. The number of hydrogen-bond acceptors (Lipinski definition) is 5. The normalized spacial score (nSPS) is 15.3. The van der Waals surface area contributed by atoms with Crippen molar-refractivity contribution in [3.63, 3.8) is 0 Å². The molecule has 0 spiro atoms. The van der Waals surface area contributed by atoms with Gasteiger partial charge in [-0.3, -0.25) is 4.79 Å². The summed E-state index contributed by atoms with van der Waals surface area (Å²) in [6, 6.07) is 13.9. The van der Waals surface area contributed by atoms with E-state index in [2.05, 4.69) is 5.32 Å². The highest BCUT2D eigenvalue weighted by molar-refractivity contribution is 7.13. The van der Waals surface area contributed by atoms with Crippen LogP contribution in [-0.4, -0.2) is 33.8 Å². The zero-order chi connectivity index (χ0) is 21.6. The van der Waals surface area contributed by atoms with Gasteiger partial charge in [-0.2, -0.15) is 5.10 Å². The van der Waals surface area contributed by atoms with Crippen molar-refractivity contribution in [2.75, 3.05) is 0 Å². The van der Waals surface area contributed by atoms with Crippen molar-refractivity contribution in [2.24, 2.45) is 0 Å². The first-order valence-electron chi connectivity index (χ1n) is 10.5. The maximum atomic E-state index is 12.3. The van der Waals surface area contributed by atoms with Gasteiger partial charge in [0.1, 0.15) is 5.69 Å². The quantitative estimate of drug-likeness (QED) is 0.435. The number of benzene rings is 1. The molecule has 1 saturated carbocycles. The summed E-state index contributed by atoms with van der Waals surface area (Å²) in [5.41, 5.74) is 2.51. The number of carbonyl (C=O) groups is 2. The standard InChI is InChI=1S/C24H25N3O3S/c1-17(24(29)25-19-8-5-6-9-19)30-22(28)14-13-18-16-27(20-10-3-2-4-11-20)26-23(18)21-12-7-15-31-21/h2-4,7,10-17,19H,5-6,8-9H2,1H3,(H,25,29)/b14-13+. The monoisotopic (exact) mass is 435 g/mol. The van der Waals surface area contributed by atoms with Crippen molar-refractivity contribution in [3.05, 3.63) is 65.7 Å². The second kappa shape index (κ2) is 9.75. The number of thiophene rings is 1. The molecule has 3 aromatic rings. The summed E-state index contributed by atoms with van der Waals surface area (Å²) in [7, 11) is 0. The largest absolute Gasteiger partial charge is 0.449 e. The summed E-state index contributed by atoms with van der Waals surface area (Å²) < 4.78 is 7.09. The number of rotatable bonds is 7. The van der Waals surface area contributed by atoms with Crippen LogP contribution in [0.2, 0.25) is 0 Å².